The number of piperidine rings is 1. The zero-order valence-corrected chi connectivity index (χ0v) is 17.4. The zero-order chi connectivity index (χ0) is 19.9. The van der Waals surface area contributed by atoms with Crippen molar-refractivity contribution in [3.63, 3.8) is 0 Å². The maximum Gasteiger partial charge on any atom is 0.191 e. The Labute approximate surface area is 167 Å². The molecular formula is C21H32N6O. The molecule has 1 aliphatic heterocycles. The van der Waals surface area contributed by atoms with Gasteiger partial charge in [-0.15, -0.1) is 0 Å². The second-order valence-electron chi connectivity index (χ2n) is 7.35. The minimum absolute atomic E-state index is 0.391. The van der Waals surface area contributed by atoms with Gasteiger partial charge < -0.3 is 15.4 Å². The van der Waals surface area contributed by atoms with Gasteiger partial charge in [0.15, 0.2) is 5.96 Å². The van der Waals surface area contributed by atoms with Crippen molar-refractivity contribution in [3.8, 4) is 5.75 Å². The number of rotatable bonds is 6. The number of hydrogen-bond acceptors (Lipinski definition) is 4. The van der Waals surface area contributed by atoms with Crippen LogP contribution in [0, 0.1) is 5.92 Å². The Bertz CT molecular complexity index is 769. The average Bonchev–Trinajstić information content (AvgIpc) is 3.13. The number of nitrogens with one attached hydrogen (secondary N) is 2. The van der Waals surface area contributed by atoms with E-state index in [2.05, 4.69) is 56.9 Å². The highest BCUT2D eigenvalue weighted by atomic mass is 16.5. The number of aliphatic imine (C=N–C) groups is 1. The molecule has 2 unspecified atom stereocenters. The van der Waals surface area contributed by atoms with Crippen LogP contribution in [0.15, 0.2) is 41.5 Å². The van der Waals surface area contributed by atoms with Crippen molar-refractivity contribution in [1.29, 1.82) is 0 Å². The van der Waals surface area contributed by atoms with Gasteiger partial charge in [0.05, 0.1) is 19.3 Å². The van der Waals surface area contributed by atoms with Crippen LogP contribution < -0.4 is 15.4 Å². The summed E-state index contributed by atoms with van der Waals surface area (Å²) in [5.41, 5.74) is 2.46. The second-order valence-corrected chi connectivity index (χ2v) is 7.35. The van der Waals surface area contributed by atoms with Crippen LogP contribution in [0.1, 0.15) is 30.1 Å². The van der Waals surface area contributed by atoms with Gasteiger partial charge in [-0.1, -0.05) is 12.1 Å². The predicted molar refractivity (Wildman–Crippen MR) is 112 cm³/mol. The van der Waals surface area contributed by atoms with Crippen molar-refractivity contribution in [1.82, 2.24) is 25.3 Å². The number of guanidine groups is 1. The number of hydrogen-bond donors (Lipinski definition) is 2. The molecule has 0 amide bonds. The largest absolute Gasteiger partial charge is 0.497 e. The molecule has 7 nitrogen and oxygen atoms in total. The van der Waals surface area contributed by atoms with Crippen LogP contribution in [-0.4, -0.2) is 54.9 Å². The average molecular weight is 385 g/mol. The maximum atomic E-state index is 5.31. The molecule has 2 aromatic rings. The van der Waals surface area contributed by atoms with Gasteiger partial charge >= 0.3 is 0 Å². The van der Waals surface area contributed by atoms with E-state index < -0.39 is 0 Å². The number of aromatic nitrogens is 2. The van der Waals surface area contributed by atoms with Crippen molar-refractivity contribution in [3.05, 3.63) is 47.8 Å². The van der Waals surface area contributed by atoms with Crippen LogP contribution in [0.25, 0.3) is 0 Å². The van der Waals surface area contributed by atoms with Crippen LogP contribution in [0.2, 0.25) is 0 Å². The third-order valence-corrected chi connectivity index (χ3v) is 5.58. The van der Waals surface area contributed by atoms with Gasteiger partial charge in [-0.05, 0) is 56.1 Å². The van der Waals surface area contributed by atoms with Crippen molar-refractivity contribution in [2.24, 2.45) is 18.0 Å². The number of aryl methyl sites for hydroxylation is 1. The highest BCUT2D eigenvalue weighted by Gasteiger charge is 2.30. The Balaban J connectivity index is 1.62. The van der Waals surface area contributed by atoms with Gasteiger partial charge in [0.25, 0.3) is 0 Å². The van der Waals surface area contributed by atoms with E-state index in [0.717, 1.165) is 30.5 Å². The van der Waals surface area contributed by atoms with Crippen LogP contribution >= 0.6 is 0 Å². The number of ether oxygens (including phenoxy) is 1. The number of likely N-dealkylation sites (tertiary alicyclic amines) is 1. The van der Waals surface area contributed by atoms with Gasteiger partial charge in [-0.25, -0.2) is 0 Å². The fraction of sp³-hybridized carbons (Fsp3) is 0.524. The Morgan fingerprint density at radius 2 is 2.00 bits per heavy atom. The third kappa shape index (κ3) is 4.84. The minimum Gasteiger partial charge on any atom is -0.497 e. The van der Waals surface area contributed by atoms with E-state index in [1.165, 1.54) is 18.4 Å². The monoisotopic (exact) mass is 384 g/mol. The smallest absolute Gasteiger partial charge is 0.191 e. The van der Waals surface area contributed by atoms with Gasteiger partial charge in [-0.3, -0.25) is 14.6 Å². The molecule has 2 N–H and O–H groups in total. The summed E-state index contributed by atoms with van der Waals surface area (Å²) in [6.45, 7) is 2.70. The predicted octanol–water partition coefficient (Wildman–Crippen LogP) is 2.18. The SMILES string of the molecule is CN=C(NCc1ccnn1C)NCC1CCCN(C)C1c1ccc(OC)cc1. The van der Waals surface area contributed by atoms with E-state index in [0.29, 0.717) is 18.5 Å². The molecule has 0 radical (unpaired) electrons. The van der Waals surface area contributed by atoms with Crippen molar-refractivity contribution < 1.29 is 4.74 Å². The molecule has 2 atom stereocenters. The highest BCUT2D eigenvalue weighted by molar-refractivity contribution is 5.79. The summed E-state index contributed by atoms with van der Waals surface area (Å²) in [6, 6.07) is 10.9. The molecule has 1 saturated heterocycles. The topological polar surface area (TPSA) is 66.7 Å². The molecule has 0 spiro atoms. The van der Waals surface area contributed by atoms with E-state index in [1.54, 1.807) is 7.11 Å². The first-order chi connectivity index (χ1) is 13.6. The number of nitrogens with zero attached hydrogens (tertiary/aromatic N) is 4. The van der Waals surface area contributed by atoms with E-state index >= 15 is 0 Å². The summed E-state index contributed by atoms with van der Waals surface area (Å²) in [7, 11) is 7.69. The lowest BCUT2D eigenvalue weighted by molar-refractivity contribution is 0.122. The van der Waals surface area contributed by atoms with Crippen LogP contribution in [-0.2, 0) is 13.6 Å². The fourth-order valence-corrected chi connectivity index (χ4v) is 4.00. The summed E-state index contributed by atoms with van der Waals surface area (Å²) in [4.78, 5) is 6.84. The fourth-order valence-electron chi connectivity index (χ4n) is 4.00. The molecule has 28 heavy (non-hydrogen) atoms. The van der Waals surface area contributed by atoms with E-state index in [4.69, 9.17) is 4.74 Å². The van der Waals surface area contributed by atoms with Crippen molar-refractivity contribution >= 4 is 5.96 Å². The molecule has 1 fully saturated rings. The summed E-state index contributed by atoms with van der Waals surface area (Å²) < 4.78 is 7.18. The molecule has 0 aliphatic carbocycles. The quantitative estimate of drug-likeness (QED) is 0.590. The maximum absolute atomic E-state index is 5.31. The summed E-state index contributed by atoms with van der Waals surface area (Å²) in [5.74, 6) is 2.24. The summed E-state index contributed by atoms with van der Waals surface area (Å²) in [6.07, 6.45) is 4.23. The zero-order valence-electron chi connectivity index (χ0n) is 17.4. The first-order valence-corrected chi connectivity index (χ1v) is 9.88. The van der Waals surface area contributed by atoms with Gasteiger partial charge in [0.1, 0.15) is 5.75 Å². The molecule has 2 heterocycles. The normalized spacial score (nSPS) is 20.8. The van der Waals surface area contributed by atoms with Crippen LogP contribution in [0.4, 0.5) is 0 Å². The van der Waals surface area contributed by atoms with Gasteiger partial charge in [0.2, 0.25) is 0 Å². The minimum atomic E-state index is 0.391. The molecule has 1 aliphatic rings. The summed E-state index contributed by atoms with van der Waals surface area (Å²) >= 11 is 0. The number of methoxy groups -OCH3 is 1. The second kappa shape index (κ2) is 9.59. The van der Waals surface area contributed by atoms with Crippen LogP contribution in [0.5, 0.6) is 5.75 Å². The van der Waals surface area contributed by atoms with Crippen molar-refractivity contribution in [2.45, 2.75) is 25.4 Å². The third-order valence-electron chi connectivity index (χ3n) is 5.58. The Hall–Kier alpha value is -2.54. The molecule has 1 aromatic carbocycles. The molecule has 3 rings (SSSR count). The van der Waals surface area contributed by atoms with E-state index in [1.807, 2.05) is 31.0 Å². The highest BCUT2D eigenvalue weighted by Crippen LogP contribution is 2.35. The van der Waals surface area contributed by atoms with E-state index in [-0.39, 0.29) is 0 Å². The molecule has 1 aromatic heterocycles. The van der Waals surface area contributed by atoms with Gasteiger partial charge in [0, 0.05) is 32.9 Å². The Morgan fingerprint density at radius 3 is 2.64 bits per heavy atom. The first kappa shape index (κ1) is 20.2. The van der Waals surface area contributed by atoms with Crippen LogP contribution in [0.3, 0.4) is 0 Å². The molecule has 7 heteroatoms. The molecule has 0 bridgehead atoms. The Kier molecular flexibility index (Phi) is 6.92. The standard InChI is InChI=1S/C21H32N6O/c1-22-21(24-15-18-11-12-25-27(18)3)23-14-17-6-5-13-26(2)20(17)16-7-9-19(28-4)10-8-16/h7-12,17,20H,5-6,13-15H2,1-4H3,(H2,22,23,24). The first-order valence-electron chi connectivity index (χ1n) is 9.88. The number of benzene rings is 1. The lowest BCUT2D eigenvalue weighted by Crippen LogP contribution is -2.45. The van der Waals surface area contributed by atoms with E-state index in [9.17, 15) is 0 Å². The Morgan fingerprint density at radius 1 is 1.21 bits per heavy atom. The molecule has 152 valence electrons. The van der Waals surface area contributed by atoms with Crippen molar-refractivity contribution in [2.75, 3.05) is 34.3 Å². The summed E-state index contributed by atoms with van der Waals surface area (Å²) in [5, 5.41) is 11.1. The lowest BCUT2D eigenvalue weighted by Gasteiger charge is -2.40. The molecular weight excluding hydrogens is 352 g/mol. The van der Waals surface area contributed by atoms with Gasteiger partial charge in [-0.2, -0.15) is 5.10 Å². The lowest BCUT2D eigenvalue weighted by atomic mass is 9.85. The molecule has 0 saturated carbocycles.